The lowest BCUT2D eigenvalue weighted by molar-refractivity contribution is 0.0393. The van der Waals surface area contributed by atoms with E-state index in [4.69, 9.17) is 4.74 Å². The fraction of sp³-hybridized carbons (Fsp3) is 0.350. The molecule has 1 N–H and O–H groups in total. The number of nitrogens with zero attached hydrogens (tertiary/aromatic N) is 1. The summed E-state index contributed by atoms with van der Waals surface area (Å²) >= 11 is 0. The second kappa shape index (κ2) is 7.80. The quantitative estimate of drug-likeness (QED) is 0.874. The number of sulfonamides is 1. The van der Waals surface area contributed by atoms with Gasteiger partial charge in [-0.15, -0.1) is 0 Å². The number of nitrogens with one attached hydrogen (secondary N) is 1. The Morgan fingerprint density at radius 3 is 2.52 bits per heavy atom. The summed E-state index contributed by atoms with van der Waals surface area (Å²) in [6, 6.07) is 11.7. The molecule has 7 heteroatoms. The van der Waals surface area contributed by atoms with Gasteiger partial charge >= 0.3 is 0 Å². The number of rotatable bonds is 4. The average molecular weight is 388 g/mol. The van der Waals surface area contributed by atoms with Crippen LogP contribution < -0.4 is 5.32 Å². The standard InChI is InChI=1S/C20H24N2O4S/c1-14-4-5-15(2)19(12-14)21-20(23)17-6-8-18(9-7-17)27(24,25)22-10-11-26-13-16(22)3/h4-9,12,16H,10-11,13H2,1-3H3,(H,21,23). The van der Waals surface area contributed by atoms with Crippen LogP contribution in [-0.4, -0.2) is 44.4 Å². The SMILES string of the molecule is Cc1ccc(C)c(NC(=O)c2ccc(S(=O)(=O)N3CCOCC3C)cc2)c1. The van der Waals surface area contributed by atoms with E-state index in [1.165, 1.54) is 16.4 Å². The minimum Gasteiger partial charge on any atom is -0.378 e. The summed E-state index contributed by atoms with van der Waals surface area (Å²) in [6.45, 7) is 6.81. The first-order valence-electron chi connectivity index (χ1n) is 8.87. The predicted molar refractivity (Wildman–Crippen MR) is 104 cm³/mol. The van der Waals surface area contributed by atoms with E-state index in [-0.39, 0.29) is 16.8 Å². The van der Waals surface area contributed by atoms with Gasteiger partial charge in [-0.05, 0) is 62.2 Å². The molecule has 0 radical (unpaired) electrons. The van der Waals surface area contributed by atoms with Crippen molar-refractivity contribution in [3.05, 3.63) is 59.2 Å². The van der Waals surface area contributed by atoms with Crippen LogP contribution >= 0.6 is 0 Å². The Balaban J connectivity index is 1.78. The van der Waals surface area contributed by atoms with Gasteiger partial charge in [0.25, 0.3) is 5.91 Å². The van der Waals surface area contributed by atoms with Gasteiger partial charge in [0.2, 0.25) is 10.0 Å². The molecular weight excluding hydrogens is 364 g/mol. The molecule has 0 aromatic heterocycles. The zero-order valence-corrected chi connectivity index (χ0v) is 16.5. The first-order chi connectivity index (χ1) is 12.8. The number of hydrogen-bond acceptors (Lipinski definition) is 4. The molecule has 2 aromatic rings. The normalized spacial score (nSPS) is 18.3. The van der Waals surface area contributed by atoms with Crippen LogP contribution in [0.2, 0.25) is 0 Å². The average Bonchev–Trinajstić information content (AvgIpc) is 2.65. The highest BCUT2D eigenvalue weighted by molar-refractivity contribution is 7.89. The van der Waals surface area contributed by atoms with Crippen molar-refractivity contribution in [2.75, 3.05) is 25.1 Å². The number of amides is 1. The summed E-state index contributed by atoms with van der Waals surface area (Å²) in [5, 5.41) is 2.88. The third kappa shape index (κ3) is 4.21. The molecule has 0 spiro atoms. The Labute approximate surface area is 160 Å². The van der Waals surface area contributed by atoms with E-state index in [1.807, 2.05) is 39.0 Å². The Hall–Kier alpha value is -2.22. The lowest BCUT2D eigenvalue weighted by Gasteiger charge is -2.32. The van der Waals surface area contributed by atoms with Crippen LogP contribution in [-0.2, 0) is 14.8 Å². The van der Waals surface area contributed by atoms with Gasteiger partial charge < -0.3 is 10.1 Å². The highest BCUT2D eigenvalue weighted by Gasteiger charge is 2.31. The Kier molecular flexibility index (Phi) is 5.64. The van der Waals surface area contributed by atoms with Crippen molar-refractivity contribution < 1.29 is 17.9 Å². The summed E-state index contributed by atoms with van der Waals surface area (Å²) in [7, 11) is -3.60. The molecule has 1 atom stereocenters. The first kappa shape index (κ1) is 19.5. The maximum atomic E-state index is 12.8. The van der Waals surface area contributed by atoms with Gasteiger partial charge in [0.05, 0.1) is 18.1 Å². The maximum absolute atomic E-state index is 12.8. The molecule has 1 aliphatic heterocycles. The van der Waals surface area contributed by atoms with Crippen LogP contribution in [0.5, 0.6) is 0 Å². The van der Waals surface area contributed by atoms with E-state index in [2.05, 4.69) is 5.32 Å². The topological polar surface area (TPSA) is 75.7 Å². The van der Waals surface area contributed by atoms with Crippen LogP contribution in [0.15, 0.2) is 47.4 Å². The minimum absolute atomic E-state index is 0.180. The van der Waals surface area contributed by atoms with Crippen LogP contribution in [0.25, 0.3) is 0 Å². The third-order valence-corrected chi connectivity index (χ3v) is 6.70. The molecule has 27 heavy (non-hydrogen) atoms. The molecule has 0 bridgehead atoms. The third-order valence-electron chi connectivity index (χ3n) is 4.67. The van der Waals surface area contributed by atoms with Crippen LogP contribution in [0.3, 0.4) is 0 Å². The second-order valence-corrected chi connectivity index (χ2v) is 8.73. The Morgan fingerprint density at radius 2 is 1.85 bits per heavy atom. The Bertz CT molecular complexity index is 939. The lowest BCUT2D eigenvalue weighted by Crippen LogP contribution is -2.46. The summed E-state index contributed by atoms with van der Waals surface area (Å²) in [5.74, 6) is -0.271. The highest BCUT2D eigenvalue weighted by atomic mass is 32.2. The van der Waals surface area contributed by atoms with E-state index in [9.17, 15) is 13.2 Å². The van der Waals surface area contributed by atoms with Crippen LogP contribution in [0, 0.1) is 13.8 Å². The molecular formula is C20H24N2O4S. The van der Waals surface area contributed by atoms with Gasteiger partial charge in [-0.25, -0.2) is 8.42 Å². The second-order valence-electron chi connectivity index (χ2n) is 6.84. The van der Waals surface area contributed by atoms with Gasteiger partial charge in [0.1, 0.15) is 0 Å². The molecule has 1 saturated heterocycles. The Morgan fingerprint density at radius 1 is 1.15 bits per heavy atom. The highest BCUT2D eigenvalue weighted by Crippen LogP contribution is 2.22. The molecule has 6 nitrogen and oxygen atoms in total. The van der Waals surface area contributed by atoms with Crippen LogP contribution in [0.1, 0.15) is 28.4 Å². The number of anilines is 1. The zero-order chi connectivity index (χ0) is 19.6. The van der Waals surface area contributed by atoms with E-state index in [0.29, 0.717) is 25.3 Å². The minimum atomic E-state index is -3.60. The fourth-order valence-corrected chi connectivity index (χ4v) is 4.65. The molecule has 2 aromatic carbocycles. The maximum Gasteiger partial charge on any atom is 0.255 e. The lowest BCUT2D eigenvalue weighted by atomic mass is 10.1. The fourth-order valence-electron chi connectivity index (χ4n) is 3.05. The van der Waals surface area contributed by atoms with Gasteiger partial charge in [-0.1, -0.05) is 12.1 Å². The monoisotopic (exact) mass is 388 g/mol. The van der Waals surface area contributed by atoms with E-state index in [1.54, 1.807) is 12.1 Å². The van der Waals surface area contributed by atoms with E-state index < -0.39 is 10.0 Å². The smallest absolute Gasteiger partial charge is 0.255 e. The number of carbonyl (C=O) groups is 1. The van der Waals surface area contributed by atoms with E-state index in [0.717, 1.165) is 16.8 Å². The number of carbonyl (C=O) groups excluding carboxylic acids is 1. The molecule has 1 heterocycles. The van der Waals surface area contributed by atoms with Crippen molar-refractivity contribution in [1.29, 1.82) is 0 Å². The molecule has 3 rings (SSSR count). The van der Waals surface area contributed by atoms with Crippen molar-refractivity contribution in [2.24, 2.45) is 0 Å². The molecule has 1 unspecified atom stereocenters. The van der Waals surface area contributed by atoms with Crippen molar-refractivity contribution >= 4 is 21.6 Å². The van der Waals surface area contributed by atoms with Crippen molar-refractivity contribution in [1.82, 2.24) is 4.31 Å². The van der Waals surface area contributed by atoms with Crippen molar-refractivity contribution in [2.45, 2.75) is 31.7 Å². The van der Waals surface area contributed by atoms with Gasteiger partial charge in [0, 0.05) is 23.8 Å². The molecule has 144 valence electrons. The van der Waals surface area contributed by atoms with Crippen molar-refractivity contribution in [3.8, 4) is 0 Å². The molecule has 1 amide bonds. The number of ether oxygens (including phenoxy) is 1. The molecule has 0 saturated carbocycles. The summed E-state index contributed by atoms with van der Waals surface area (Å²) < 4.78 is 32.4. The first-order valence-corrected chi connectivity index (χ1v) is 10.3. The zero-order valence-electron chi connectivity index (χ0n) is 15.7. The summed E-state index contributed by atoms with van der Waals surface area (Å²) in [4.78, 5) is 12.7. The molecule has 1 fully saturated rings. The predicted octanol–water partition coefficient (Wildman–Crippen LogP) is 2.97. The number of morpholine rings is 1. The molecule has 0 aliphatic carbocycles. The number of aryl methyl sites for hydroxylation is 2. The van der Waals surface area contributed by atoms with Gasteiger partial charge in [-0.3, -0.25) is 4.79 Å². The number of benzene rings is 2. The van der Waals surface area contributed by atoms with Gasteiger partial charge in [0.15, 0.2) is 0 Å². The van der Waals surface area contributed by atoms with Crippen LogP contribution in [0.4, 0.5) is 5.69 Å². The molecule has 1 aliphatic rings. The number of hydrogen-bond donors (Lipinski definition) is 1. The largest absolute Gasteiger partial charge is 0.378 e. The summed E-state index contributed by atoms with van der Waals surface area (Å²) in [6.07, 6.45) is 0. The van der Waals surface area contributed by atoms with Crippen molar-refractivity contribution in [3.63, 3.8) is 0 Å². The van der Waals surface area contributed by atoms with Gasteiger partial charge in [-0.2, -0.15) is 4.31 Å². The van der Waals surface area contributed by atoms with E-state index >= 15 is 0 Å². The summed E-state index contributed by atoms with van der Waals surface area (Å²) in [5.41, 5.74) is 3.18.